The number of amides is 1. The predicted molar refractivity (Wildman–Crippen MR) is 60.0 cm³/mol. The molecular formula is C13H15NO. The second kappa shape index (κ2) is 4.35. The number of hydrogen-bond donors (Lipinski definition) is 0. The fraction of sp³-hybridized carbons (Fsp3) is 0.462. The molecule has 0 radical (unpaired) electrons. The van der Waals surface area contributed by atoms with Crippen LogP contribution in [0.1, 0.15) is 26.2 Å². The van der Waals surface area contributed by atoms with Gasteiger partial charge in [0.15, 0.2) is 0 Å². The molecule has 2 rings (SSSR count). The first-order valence-corrected chi connectivity index (χ1v) is 5.36. The molecule has 0 saturated carbocycles. The van der Waals surface area contributed by atoms with Gasteiger partial charge >= 0.3 is 0 Å². The molecule has 0 atom stereocenters. The lowest BCUT2D eigenvalue weighted by atomic mass is 9.95. The molecule has 0 N–H and O–H groups in total. The van der Waals surface area contributed by atoms with Crippen molar-refractivity contribution in [3.8, 4) is 11.8 Å². The lowest BCUT2D eigenvalue weighted by Gasteiger charge is -2.28. The van der Waals surface area contributed by atoms with Gasteiger partial charge < -0.3 is 4.90 Å². The molecule has 2 heteroatoms. The average Bonchev–Trinajstić information content (AvgIpc) is 2.18. The normalized spacial score (nSPS) is 19.9. The standard InChI is InChI=1S/C13H15NO/c1-11(15)14-9-8-12-6-4-2-3-5-7-13(12)10-14/h5,7H,3,6,8-10H2,1H3. The van der Waals surface area contributed by atoms with Crippen LogP contribution in [0, 0.1) is 11.8 Å². The first-order chi connectivity index (χ1) is 7.27. The van der Waals surface area contributed by atoms with Crippen LogP contribution in [0.2, 0.25) is 0 Å². The zero-order chi connectivity index (χ0) is 10.7. The Morgan fingerprint density at radius 3 is 3.13 bits per heavy atom. The highest BCUT2D eigenvalue weighted by molar-refractivity contribution is 5.74. The Kier molecular flexibility index (Phi) is 2.91. The van der Waals surface area contributed by atoms with Crippen LogP contribution in [0.25, 0.3) is 0 Å². The molecule has 2 aliphatic rings. The molecule has 0 bridgehead atoms. The molecular weight excluding hydrogens is 186 g/mol. The molecule has 0 aromatic heterocycles. The van der Waals surface area contributed by atoms with E-state index in [4.69, 9.17) is 0 Å². The maximum Gasteiger partial charge on any atom is 0.219 e. The van der Waals surface area contributed by atoms with Crippen molar-refractivity contribution >= 4 is 5.91 Å². The Hall–Kier alpha value is -1.49. The minimum absolute atomic E-state index is 0.170. The van der Waals surface area contributed by atoms with E-state index in [1.54, 1.807) is 6.92 Å². The summed E-state index contributed by atoms with van der Waals surface area (Å²) in [6.07, 6.45) is 6.92. The van der Waals surface area contributed by atoms with Crippen molar-refractivity contribution in [1.82, 2.24) is 4.90 Å². The van der Waals surface area contributed by atoms with Crippen LogP contribution >= 0.6 is 0 Å². The minimum atomic E-state index is 0.170. The van der Waals surface area contributed by atoms with Crippen LogP contribution in [-0.2, 0) is 4.79 Å². The van der Waals surface area contributed by atoms with E-state index in [2.05, 4.69) is 24.0 Å². The van der Waals surface area contributed by atoms with Gasteiger partial charge in [-0.1, -0.05) is 29.6 Å². The number of rotatable bonds is 0. The SMILES string of the molecule is CC(=O)N1CCC2=C(C=CCC#CC2)C1. The highest BCUT2D eigenvalue weighted by Crippen LogP contribution is 2.22. The van der Waals surface area contributed by atoms with Crippen molar-refractivity contribution in [2.45, 2.75) is 26.2 Å². The fourth-order valence-corrected chi connectivity index (χ4v) is 1.97. The van der Waals surface area contributed by atoms with Crippen LogP contribution in [0.4, 0.5) is 0 Å². The highest BCUT2D eigenvalue weighted by atomic mass is 16.2. The average molecular weight is 201 g/mol. The molecule has 1 aliphatic carbocycles. The Balaban J connectivity index is 2.20. The Morgan fingerprint density at radius 2 is 2.33 bits per heavy atom. The van der Waals surface area contributed by atoms with Crippen molar-refractivity contribution < 1.29 is 4.79 Å². The molecule has 0 aromatic rings. The van der Waals surface area contributed by atoms with Crippen molar-refractivity contribution in [3.05, 3.63) is 23.3 Å². The van der Waals surface area contributed by atoms with Gasteiger partial charge in [0.25, 0.3) is 0 Å². The molecule has 0 spiro atoms. The molecule has 1 heterocycles. The van der Waals surface area contributed by atoms with E-state index >= 15 is 0 Å². The molecule has 15 heavy (non-hydrogen) atoms. The summed E-state index contributed by atoms with van der Waals surface area (Å²) in [6.45, 7) is 3.25. The third-order valence-electron chi connectivity index (χ3n) is 2.91. The van der Waals surface area contributed by atoms with E-state index in [0.29, 0.717) is 0 Å². The summed E-state index contributed by atoms with van der Waals surface area (Å²) in [5.74, 6) is 6.44. The summed E-state index contributed by atoms with van der Waals surface area (Å²) >= 11 is 0. The summed E-state index contributed by atoms with van der Waals surface area (Å²) < 4.78 is 0. The summed E-state index contributed by atoms with van der Waals surface area (Å²) in [6, 6.07) is 0. The first kappa shape index (κ1) is 10.0. The molecule has 1 amide bonds. The Labute approximate surface area is 90.6 Å². The third kappa shape index (κ3) is 2.30. The van der Waals surface area contributed by atoms with Gasteiger partial charge in [-0.15, -0.1) is 0 Å². The summed E-state index contributed by atoms with van der Waals surface area (Å²) in [4.78, 5) is 13.2. The number of carbonyl (C=O) groups is 1. The zero-order valence-electron chi connectivity index (χ0n) is 9.05. The van der Waals surface area contributed by atoms with Crippen LogP contribution in [0.3, 0.4) is 0 Å². The minimum Gasteiger partial charge on any atom is -0.338 e. The van der Waals surface area contributed by atoms with E-state index in [0.717, 1.165) is 32.4 Å². The van der Waals surface area contributed by atoms with Crippen LogP contribution in [0.5, 0.6) is 0 Å². The molecule has 0 fully saturated rings. The second-order valence-electron chi connectivity index (χ2n) is 3.96. The summed E-state index contributed by atoms with van der Waals surface area (Å²) in [5, 5.41) is 0. The molecule has 0 saturated heterocycles. The number of carbonyl (C=O) groups excluding carboxylic acids is 1. The highest BCUT2D eigenvalue weighted by Gasteiger charge is 2.18. The van der Waals surface area contributed by atoms with Gasteiger partial charge in [-0.3, -0.25) is 4.79 Å². The number of nitrogens with zero attached hydrogens (tertiary/aromatic N) is 1. The van der Waals surface area contributed by atoms with Crippen LogP contribution in [0.15, 0.2) is 23.3 Å². The van der Waals surface area contributed by atoms with Crippen LogP contribution in [-0.4, -0.2) is 23.9 Å². The molecule has 78 valence electrons. The number of hydrogen-bond acceptors (Lipinski definition) is 1. The largest absolute Gasteiger partial charge is 0.338 e. The summed E-state index contributed by atoms with van der Waals surface area (Å²) in [5.41, 5.74) is 2.71. The molecule has 1 aliphatic heterocycles. The molecule has 0 aromatic carbocycles. The maximum absolute atomic E-state index is 11.3. The lowest BCUT2D eigenvalue weighted by molar-refractivity contribution is -0.128. The first-order valence-electron chi connectivity index (χ1n) is 5.36. The quantitative estimate of drug-likeness (QED) is 0.548. The zero-order valence-corrected chi connectivity index (χ0v) is 9.05. The van der Waals surface area contributed by atoms with Crippen molar-refractivity contribution in [3.63, 3.8) is 0 Å². The van der Waals surface area contributed by atoms with Crippen molar-refractivity contribution in [2.24, 2.45) is 0 Å². The predicted octanol–water partition coefficient (Wildman–Crippen LogP) is 1.89. The van der Waals surface area contributed by atoms with Gasteiger partial charge in [0.05, 0.1) is 0 Å². The van der Waals surface area contributed by atoms with Crippen LogP contribution < -0.4 is 0 Å². The smallest absolute Gasteiger partial charge is 0.219 e. The van der Waals surface area contributed by atoms with E-state index in [1.165, 1.54) is 11.1 Å². The Morgan fingerprint density at radius 1 is 1.47 bits per heavy atom. The van der Waals surface area contributed by atoms with Gasteiger partial charge in [0.1, 0.15) is 0 Å². The van der Waals surface area contributed by atoms with E-state index in [1.807, 2.05) is 4.90 Å². The van der Waals surface area contributed by atoms with Gasteiger partial charge in [-0.25, -0.2) is 0 Å². The topological polar surface area (TPSA) is 20.3 Å². The third-order valence-corrected chi connectivity index (χ3v) is 2.91. The second-order valence-corrected chi connectivity index (χ2v) is 3.96. The van der Waals surface area contributed by atoms with Gasteiger partial charge in [-0.05, 0) is 12.0 Å². The van der Waals surface area contributed by atoms with Gasteiger partial charge in [0.2, 0.25) is 5.91 Å². The van der Waals surface area contributed by atoms with Gasteiger partial charge in [-0.2, -0.15) is 0 Å². The molecule has 2 nitrogen and oxygen atoms in total. The lowest BCUT2D eigenvalue weighted by Crippen LogP contribution is -2.35. The fourth-order valence-electron chi connectivity index (χ4n) is 1.97. The Bertz CT molecular complexity index is 392. The van der Waals surface area contributed by atoms with Crippen molar-refractivity contribution in [1.29, 1.82) is 0 Å². The van der Waals surface area contributed by atoms with Gasteiger partial charge in [0, 0.05) is 32.9 Å². The summed E-state index contributed by atoms with van der Waals surface area (Å²) in [7, 11) is 0. The van der Waals surface area contributed by atoms with E-state index < -0.39 is 0 Å². The molecule has 0 unspecified atom stereocenters. The monoisotopic (exact) mass is 201 g/mol. The van der Waals surface area contributed by atoms with E-state index in [9.17, 15) is 4.79 Å². The number of allylic oxidation sites excluding steroid dienone is 1. The van der Waals surface area contributed by atoms with E-state index in [-0.39, 0.29) is 5.91 Å². The van der Waals surface area contributed by atoms with Crippen molar-refractivity contribution in [2.75, 3.05) is 13.1 Å². The maximum atomic E-state index is 11.3.